The summed E-state index contributed by atoms with van der Waals surface area (Å²) >= 11 is 0. The van der Waals surface area contributed by atoms with E-state index in [0.29, 0.717) is 11.4 Å². The van der Waals surface area contributed by atoms with Crippen molar-refractivity contribution in [1.29, 1.82) is 0 Å². The third-order valence-electron chi connectivity index (χ3n) is 5.18. The second kappa shape index (κ2) is 7.33. The zero-order valence-electron chi connectivity index (χ0n) is 16.5. The molecule has 1 N–H and O–H groups in total. The molecule has 5 rings (SSSR count). The number of carbonyl (C=O) groups is 1. The fraction of sp³-hybridized carbons (Fsp3) is 0.182. The number of alkyl halides is 3. The minimum atomic E-state index is -4.77. The smallest absolute Gasteiger partial charge is 0.451 e. The van der Waals surface area contributed by atoms with E-state index in [4.69, 9.17) is 0 Å². The van der Waals surface area contributed by atoms with Crippen LogP contribution in [-0.4, -0.2) is 36.6 Å². The molecule has 2 aromatic heterocycles. The number of fused-ring (bicyclic) bond motifs is 1. The van der Waals surface area contributed by atoms with Crippen molar-refractivity contribution in [3.8, 4) is 5.69 Å². The van der Waals surface area contributed by atoms with Gasteiger partial charge in [0.05, 0.1) is 5.56 Å². The molecule has 7 nitrogen and oxygen atoms in total. The lowest BCUT2D eigenvalue weighted by Gasteiger charge is -2.24. The van der Waals surface area contributed by atoms with Crippen LogP contribution in [0.15, 0.2) is 60.9 Å². The number of hydrogen-bond acceptors (Lipinski definition) is 5. The van der Waals surface area contributed by atoms with Gasteiger partial charge in [-0.3, -0.25) is 4.57 Å². The summed E-state index contributed by atoms with van der Waals surface area (Å²) in [4.78, 5) is 25.1. The van der Waals surface area contributed by atoms with E-state index < -0.39 is 18.0 Å². The Labute approximate surface area is 179 Å². The molecule has 10 heteroatoms. The number of anilines is 2. The van der Waals surface area contributed by atoms with Gasteiger partial charge in [-0.05, 0) is 43.2 Å². The van der Waals surface area contributed by atoms with Gasteiger partial charge in [0.1, 0.15) is 6.33 Å². The quantitative estimate of drug-likeness (QED) is 0.479. The van der Waals surface area contributed by atoms with Crippen LogP contribution in [-0.2, 0) is 6.18 Å². The molecule has 32 heavy (non-hydrogen) atoms. The summed E-state index contributed by atoms with van der Waals surface area (Å²) in [7, 11) is 0. The van der Waals surface area contributed by atoms with Crippen LogP contribution in [0.1, 0.15) is 29.0 Å². The molecular weight excluding hydrogens is 423 g/mol. The second-order valence-corrected chi connectivity index (χ2v) is 7.45. The molecule has 0 spiro atoms. The largest absolute Gasteiger partial charge is 0.478 e. The number of halogens is 3. The molecule has 4 aromatic rings. The normalized spacial score (nSPS) is 14.0. The van der Waals surface area contributed by atoms with E-state index in [2.05, 4.69) is 15.0 Å². The van der Waals surface area contributed by atoms with E-state index in [9.17, 15) is 23.1 Å². The maximum atomic E-state index is 13.7. The van der Waals surface area contributed by atoms with Crippen LogP contribution in [0, 0.1) is 0 Å². The highest BCUT2D eigenvalue weighted by Gasteiger charge is 2.39. The van der Waals surface area contributed by atoms with Crippen molar-refractivity contribution in [2.75, 3.05) is 4.90 Å². The molecule has 2 heterocycles. The Balaban J connectivity index is 1.76. The summed E-state index contributed by atoms with van der Waals surface area (Å²) in [6, 6.07) is 14.9. The lowest BCUT2D eigenvalue weighted by molar-refractivity contribution is -0.144. The Hall–Kier alpha value is -3.95. The first-order chi connectivity index (χ1) is 15.3. The first-order valence-corrected chi connectivity index (χ1v) is 9.83. The zero-order chi connectivity index (χ0) is 22.5. The second-order valence-electron chi connectivity index (χ2n) is 7.45. The third kappa shape index (κ3) is 3.53. The molecule has 0 saturated heterocycles. The molecule has 0 unspecified atom stereocenters. The average Bonchev–Trinajstić information content (AvgIpc) is 3.51. The number of rotatable bonds is 5. The Morgan fingerprint density at radius 2 is 1.81 bits per heavy atom. The van der Waals surface area contributed by atoms with Crippen molar-refractivity contribution in [1.82, 2.24) is 19.5 Å². The molecular formula is C22H16F3N5O2. The van der Waals surface area contributed by atoms with E-state index in [1.54, 1.807) is 11.0 Å². The molecule has 0 radical (unpaired) electrons. The topological polar surface area (TPSA) is 84.1 Å². The van der Waals surface area contributed by atoms with Crippen LogP contribution in [0.25, 0.3) is 16.9 Å². The first kappa shape index (κ1) is 20.0. The third-order valence-corrected chi connectivity index (χ3v) is 5.18. The van der Waals surface area contributed by atoms with Crippen LogP contribution >= 0.6 is 0 Å². The Morgan fingerprint density at radius 3 is 2.47 bits per heavy atom. The number of nitrogens with zero attached hydrogens (tertiary/aromatic N) is 5. The Bertz CT molecular complexity index is 1320. The van der Waals surface area contributed by atoms with Gasteiger partial charge in [-0.15, -0.1) is 0 Å². The highest BCUT2D eigenvalue weighted by Crippen LogP contribution is 2.41. The summed E-state index contributed by atoms with van der Waals surface area (Å²) < 4.78 is 42.6. The van der Waals surface area contributed by atoms with E-state index in [1.807, 2.05) is 30.3 Å². The molecule has 162 valence electrons. The van der Waals surface area contributed by atoms with Crippen molar-refractivity contribution < 1.29 is 23.1 Å². The Morgan fingerprint density at radius 1 is 1.06 bits per heavy atom. The fourth-order valence-corrected chi connectivity index (χ4v) is 3.58. The summed E-state index contributed by atoms with van der Waals surface area (Å²) in [5.41, 5.74) is 1.20. The summed E-state index contributed by atoms with van der Waals surface area (Å²) in [5.74, 6) is -2.35. The van der Waals surface area contributed by atoms with Crippen molar-refractivity contribution in [2.24, 2.45) is 0 Å². The number of aromatic carboxylic acids is 1. The molecule has 1 fully saturated rings. The van der Waals surface area contributed by atoms with Gasteiger partial charge >= 0.3 is 12.1 Å². The van der Waals surface area contributed by atoms with Gasteiger partial charge in [-0.2, -0.15) is 13.2 Å². The van der Waals surface area contributed by atoms with Gasteiger partial charge in [0.15, 0.2) is 17.0 Å². The van der Waals surface area contributed by atoms with E-state index in [1.165, 1.54) is 29.1 Å². The molecule has 1 saturated carbocycles. The molecule has 0 aliphatic heterocycles. The monoisotopic (exact) mass is 439 g/mol. The fourth-order valence-electron chi connectivity index (χ4n) is 3.58. The number of benzene rings is 2. The van der Waals surface area contributed by atoms with E-state index >= 15 is 0 Å². The van der Waals surface area contributed by atoms with Gasteiger partial charge in [-0.1, -0.05) is 24.3 Å². The molecule has 0 atom stereocenters. The SMILES string of the molecule is O=C(O)c1cccc(-n2cnc3c(N(c4ccccc4)C4CC4)nc(C(F)(F)F)nc32)c1. The summed E-state index contributed by atoms with van der Waals surface area (Å²) in [6.07, 6.45) is -1.79. The minimum Gasteiger partial charge on any atom is -0.478 e. The predicted octanol–water partition coefficient (Wildman–Crippen LogP) is 4.83. The van der Waals surface area contributed by atoms with Crippen molar-refractivity contribution in [3.05, 3.63) is 72.3 Å². The lowest BCUT2D eigenvalue weighted by atomic mass is 10.2. The maximum Gasteiger partial charge on any atom is 0.451 e. The van der Waals surface area contributed by atoms with Crippen LogP contribution in [0.2, 0.25) is 0 Å². The number of carboxylic acids is 1. The number of carboxylic acid groups (broad SMARTS) is 1. The van der Waals surface area contributed by atoms with E-state index in [0.717, 1.165) is 12.8 Å². The predicted molar refractivity (Wildman–Crippen MR) is 110 cm³/mol. The van der Waals surface area contributed by atoms with Gasteiger partial charge in [-0.25, -0.2) is 19.7 Å². The highest BCUT2D eigenvalue weighted by molar-refractivity contribution is 5.90. The summed E-state index contributed by atoms with van der Waals surface area (Å²) in [5, 5.41) is 9.28. The maximum absolute atomic E-state index is 13.7. The molecule has 0 bridgehead atoms. The van der Waals surface area contributed by atoms with Crippen LogP contribution in [0.3, 0.4) is 0 Å². The minimum absolute atomic E-state index is 0.00133. The number of aromatic nitrogens is 4. The molecule has 2 aromatic carbocycles. The van der Waals surface area contributed by atoms with Crippen LogP contribution in [0.4, 0.5) is 24.7 Å². The van der Waals surface area contributed by atoms with Gasteiger partial charge in [0.25, 0.3) is 0 Å². The molecule has 0 amide bonds. The zero-order valence-corrected chi connectivity index (χ0v) is 16.5. The Kier molecular flexibility index (Phi) is 4.58. The number of para-hydroxylation sites is 1. The first-order valence-electron chi connectivity index (χ1n) is 9.83. The summed E-state index contributed by atoms with van der Waals surface area (Å²) in [6.45, 7) is 0. The van der Waals surface area contributed by atoms with Gasteiger partial charge in [0, 0.05) is 17.4 Å². The van der Waals surface area contributed by atoms with Gasteiger partial charge in [0.2, 0.25) is 5.82 Å². The standard InChI is InChI=1S/C22H16F3N5O2/c23-22(24,25)21-27-18-17(26-12-29(18)16-8-4-5-13(11-16)20(31)32)19(28-21)30(15-9-10-15)14-6-2-1-3-7-14/h1-8,11-12,15H,9-10H2,(H,31,32). The van der Waals surface area contributed by atoms with Gasteiger partial charge < -0.3 is 10.0 Å². The molecule has 1 aliphatic rings. The van der Waals surface area contributed by atoms with Crippen molar-refractivity contribution >= 4 is 28.6 Å². The highest BCUT2D eigenvalue weighted by atomic mass is 19.4. The average molecular weight is 439 g/mol. The number of imidazole rings is 1. The number of hydrogen-bond donors (Lipinski definition) is 1. The van der Waals surface area contributed by atoms with Crippen LogP contribution < -0.4 is 4.90 Å². The molecule has 1 aliphatic carbocycles. The van der Waals surface area contributed by atoms with Crippen molar-refractivity contribution in [3.63, 3.8) is 0 Å². The van der Waals surface area contributed by atoms with Crippen molar-refractivity contribution in [2.45, 2.75) is 25.1 Å². The van der Waals surface area contributed by atoms with Crippen LogP contribution in [0.5, 0.6) is 0 Å². The lowest BCUT2D eigenvalue weighted by Crippen LogP contribution is -2.23. The van der Waals surface area contributed by atoms with E-state index in [-0.39, 0.29) is 28.6 Å².